The summed E-state index contributed by atoms with van der Waals surface area (Å²) in [6, 6.07) is 2.15. The molecule has 1 aromatic rings. The van der Waals surface area contributed by atoms with E-state index in [4.69, 9.17) is 15.2 Å². The number of hydrogen-bond acceptors (Lipinski definition) is 3. The fourth-order valence-corrected chi connectivity index (χ4v) is 3.63. The van der Waals surface area contributed by atoms with E-state index in [0.717, 1.165) is 11.5 Å². The molecule has 20 heavy (non-hydrogen) atoms. The van der Waals surface area contributed by atoms with E-state index < -0.39 is 0 Å². The molecule has 112 valence electrons. The molecule has 0 unspecified atom stereocenters. The molecule has 0 heterocycles. The summed E-state index contributed by atoms with van der Waals surface area (Å²) in [5.41, 5.74) is 10.1. The smallest absolute Gasteiger partial charge is 0.163 e. The van der Waals surface area contributed by atoms with Crippen molar-refractivity contribution in [2.75, 3.05) is 20.8 Å². The van der Waals surface area contributed by atoms with Crippen molar-refractivity contribution in [1.82, 2.24) is 0 Å². The molecule has 1 fully saturated rings. The molecule has 0 saturated heterocycles. The van der Waals surface area contributed by atoms with Crippen LogP contribution in [0.15, 0.2) is 6.07 Å². The third-order valence-corrected chi connectivity index (χ3v) is 5.00. The van der Waals surface area contributed by atoms with E-state index in [1.807, 2.05) is 0 Å². The highest BCUT2D eigenvalue weighted by atomic mass is 16.5. The predicted molar refractivity (Wildman–Crippen MR) is 82.8 cm³/mol. The molecular formula is C17H27NO2. The molecule has 3 nitrogen and oxygen atoms in total. The summed E-state index contributed by atoms with van der Waals surface area (Å²) < 4.78 is 11.0. The van der Waals surface area contributed by atoms with Crippen molar-refractivity contribution in [3.05, 3.63) is 22.8 Å². The maximum atomic E-state index is 6.18. The molecule has 0 amide bonds. The van der Waals surface area contributed by atoms with Crippen LogP contribution in [0.1, 0.15) is 48.8 Å². The summed E-state index contributed by atoms with van der Waals surface area (Å²) in [5, 5.41) is 0. The van der Waals surface area contributed by atoms with Crippen molar-refractivity contribution in [1.29, 1.82) is 0 Å². The van der Waals surface area contributed by atoms with Gasteiger partial charge in [0, 0.05) is 12.0 Å². The topological polar surface area (TPSA) is 44.5 Å². The molecule has 1 aliphatic carbocycles. The summed E-state index contributed by atoms with van der Waals surface area (Å²) in [4.78, 5) is 0. The maximum Gasteiger partial charge on any atom is 0.163 e. The Kier molecular flexibility index (Phi) is 4.59. The molecule has 0 spiro atoms. The van der Waals surface area contributed by atoms with Gasteiger partial charge in [0.05, 0.1) is 14.2 Å². The lowest BCUT2D eigenvalue weighted by Gasteiger charge is -2.38. The van der Waals surface area contributed by atoms with Gasteiger partial charge in [0.15, 0.2) is 11.5 Å². The van der Waals surface area contributed by atoms with Gasteiger partial charge < -0.3 is 15.2 Å². The number of methoxy groups -OCH3 is 2. The van der Waals surface area contributed by atoms with Gasteiger partial charge >= 0.3 is 0 Å². The number of hydrogen-bond donors (Lipinski definition) is 1. The highest BCUT2D eigenvalue weighted by Crippen LogP contribution is 2.45. The molecule has 2 rings (SSSR count). The van der Waals surface area contributed by atoms with Crippen LogP contribution < -0.4 is 15.2 Å². The van der Waals surface area contributed by atoms with Crippen molar-refractivity contribution in [3.63, 3.8) is 0 Å². The SMILES string of the molecule is COc1cc(C2(CN)CCCCC2)c(C)c(C)c1OC. The van der Waals surface area contributed by atoms with Crippen molar-refractivity contribution in [2.45, 2.75) is 51.4 Å². The van der Waals surface area contributed by atoms with Gasteiger partial charge in [-0.05, 0) is 49.4 Å². The first-order valence-corrected chi connectivity index (χ1v) is 7.52. The number of ether oxygens (including phenoxy) is 2. The number of rotatable bonds is 4. The first kappa shape index (κ1) is 15.2. The van der Waals surface area contributed by atoms with Crippen LogP contribution in [-0.4, -0.2) is 20.8 Å². The van der Waals surface area contributed by atoms with Crippen molar-refractivity contribution >= 4 is 0 Å². The van der Waals surface area contributed by atoms with Crippen LogP contribution in [0.25, 0.3) is 0 Å². The van der Waals surface area contributed by atoms with Gasteiger partial charge in [0.1, 0.15) is 0 Å². The van der Waals surface area contributed by atoms with E-state index in [0.29, 0.717) is 6.54 Å². The van der Waals surface area contributed by atoms with Crippen molar-refractivity contribution in [2.24, 2.45) is 5.73 Å². The average Bonchev–Trinajstić information content (AvgIpc) is 2.50. The third kappa shape index (κ3) is 2.39. The summed E-state index contributed by atoms with van der Waals surface area (Å²) in [7, 11) is 3.40. The minimum Gasteiger partial charge on any atom is -0.493 e. The Morgan fingerprint density at radius 3 is 2.20 bits per heavy atom. The minimum atomic E-state index is 0.118. The molecule has 1 saturated carbocycles. The van der Waals surface area contributed by atoms with E-state index in [2.05, 4.69) is 19.9 Å². The quantitative estimate of drug-likeness (QED) is 0.916. The first-order valence-electron chi connectivity index (χ1n) is 7.52. The summed E-state index contributed by atoms with van der Waals surface area (Å²) in [5.74, 6) is 1.67. The molecule has 2 N–H and O–H groups in total. The predicted octanol–water partition coefficient (Wildman–Crippen LogP) is 3.48. The van der Waals surface area contributed by atoms with Crippen molar-refractivity contribution < 1.29 is 9.47 Å². The number of benzene rings is 1. The second kappa shape index (κ2) is 6.04. The summed E-state index contributed by atoms with van der Waals surface area (Å²) in [6.07, 6.45) is 6.22. The van der Waals surface area contributed by atoms with Crippen LogP contribution in [0, 0.1) is 13.8 Å². The lowest BCUT2D eigenvalue weighted by molar-refractivity contribution is 0.296. The lowest BCUT2D eigenvalue weighted by atomic mass is 9.67. The molecule has 0 aliphatic heterocycles. The standard InChI is InChI=1S/C17H27NO2/c1-12-13(2)16(20-4)15(19-3)10-14(12)17(11-18)8-6-5-7-9-17/h10H,5-9,11,18H2,1-4H3. The minimum absolute atomic E-state index is 0.118. The number of nitrogens with two attached hydrogens (primary N) is 1. The zero-order valence-electron chi connectivity index (χ0n) is 13.2. The van der Waals surface area contributed by atoms with Crippen LogP contribution in [0.2, 0.25) is 0 Å². The van der Waals surface area contributed by atoms with Gasteiger partial charge in [-0.1, -0.05) is 19.3 Å². The normalized spacial score (nSPS) is 17.9. The highest BCUT2D eigenvalue weighted by Gasteiger charge is 2.35. The molecule has 1 aliphatic rings. The average molecular weight is 277 g/mol. The first-order chi connectivity index (χ1) is 9.59. The Balaban J connectivity index is 2.58. The van der Waals surface area contributed by atoms with Crippen LogP contribution in [0.5, 0.6) is 11.5 Å². The Labute approximate surface area is 122 Å². The Morgan fingerprint density at radius 2 is 1.70 bits per heavy atom. The van der Waals surface area contributed by atoms with E-state index in [-0.39, 0.29) is 5.41 Å². The van der Waals surface area contributed by atoms with Crippen molar-refractivity contribution in [3.8, 4) is 11.5 Å². The molecule has 1 aromatic carbocycles. The van der Waals surface area contributed by atoms with Gasteiger partial charge in [-0.2, -0.15) is 0 Å². The van der Waals surface area contributed by atoms with E-state index >= 15 is 0 Å². The van der Waals surface area contributed by atoms with Gasteiger partial charge in [0.2, 0.25) is 0 Å². The fraction of sp³-hybridized carbons (Fsp3) is 0.647. The van der Waals surface area contributed by atoms with Crippen LogP contribution in [-0.2, 0) is 5.41 Å². The van der Waals surface area contributed by atoms with Crippen LogP contribution >= 0.6 is 0 Å². The molecule has 3 heteroatoms. The molecule has 0 bridgehead atoms. The summed E-state index contributed by atoms with van der Waals surface area (Å²) >= 11 is 0. The Morgan fingerprint density at radius 1 is 1.05 bits per heavy atom. The van der Waals surface area contributed by atoms with Crippen LogP contribution in [0.4, 0.5) is 0 Å². The maximum absolute atomic E-state index is 6.18. The molecular weight excluding hydrogens is 250 g/mol. The van der Waals surface area contributed by atoms with Gasteiger partial charge in [-0.25, -0.2) is 0 Å². The lowest BCUT2D eigenvalue weighted by Crippen LogP contribution is -2.38. The van der Waals surface area contributed by atoms with Gasteiger partial charge in [-0.3, -0.25) is 0 Å². The molecule has 0 atom stereocenters. The van der Waals surface area contributed by atoms with Crippen LogP contribution in [0.3, 0.4) is 0 Å². The summed E-state index contributed by atoms with van der Waals surface area (Å²) in [6.45, 7) is 4.99. The molecule has 0 aromatic heterocycles. The molecule has 0 radical (unpaired) electrons. The third-order valence-electron chi connectivity index (χ3n) is 5.00. The zero-order valence-corrected chi connectivity index (χ0v) is 13.2. The van der Waals surface area contributed by atoms with E-state index in [1.165, 1.54) is 48.8 Å². The van der Waals surface area contributed by atoms with E-state index in [9.17, 15) is 0 Å². The Hall–Kier alpha value is -1.22. The van der Waals surface area contributed by atoms with E-state index in [1.54, 1.807) is 14.2 Å². The second-order valence-electron chi connectivity index (χ2n) is 5.95. The highest BCUT2D eigenvalue weighted by molar-refractivity contribution is 5.55. The largest absolute Gasteiger partial charge is 0.493 e. The van der Waals surface area contributed by atoms with Gasteiger partial charge in [0.25, 0.3) is 0 Å². The second-order valence-corrected chi connectivity index (χ2v) is 5.95. The monoisotopic (exact) mass is 277 g/mol. The zero-order chi connectivity index (χ0) is 14.8. The fourth-order valence-electron chi connectivity index (χ4n) is 3.63. The Bertz CT molecular complexity index is 476. The van der Waals surface area contributed by atoms with Gasteiger partial charge in [-0.15, -0.1) is 0 Å².